The van der Waals surface area contributed by atoms with Crippen molar-refractivity contribution in [3.05, 3.63) is 106 Å². The Hall–Kier alpha value is -3.62. The van der Waals surface area contributed by atoms with Gasteiger partial charge in [-0.15, -0.1) is 0 Å². The molecule has 1 aromatic heterocycles. The van der Waals surface area contributed by atoms with E-state index in [4.69, 9.17) is 4.42 Å². The zero-order valence-electron chi connectivity index (χ0n) is 15.5. The van der Waals surface area contributed by atoms with Gasteiger partial charge in [0.05, 0.1) is 10.3 Å². The SMILES string of the molecule is Cc1ccc(S(=O)(=O)c2coc3ccc(C#Cc4ccccc4)cc3c2=O)cc1. The van der Waals surface area contributed by atoms with Crippen LogP contribution in [0.2, 0.25) is 0 Å². The fourth-order valence-electron chi connectivity index (χ4n) is 2.89. The molecule has 0 unspecified atom stereocenters. The van der Waals surface area contributed by atoms with Crippen molar-refractivity contribution in [2.24, 2.45) is 0 Å². The summed E-state index contributed by atoms with van der Waals surface area (Å²) in [6.07, 6.45) is 1.01. The van der Waals surface area contributed by atoms with Crippen LogP contribution in [-0.2, 0) is 9.84 Å². The minimum absolute atomic E-state index is 0.0507. The molecule has 0 saturated heterocycles. The van der Waals surface area contributed by atoms with Crippen LogP contribution in [0.25, 0.3) is 11.0 Å². The number of benzene rings is 3. The summed E-state index contributed by atoms with van der Waals surface area (Å²) < 4.78 is 31.3. The molecule has 0 aliphatic carbocycles. The van der Waals surface area contributed by atoms with Crippen molar-refractivity contribution in [3.63, 3.8) is 0 Å². The lowest BCUT2D eigenvalue weighted by Gasteiger charge is -2.05. The summed E-state index contributed by atoms with van der Waals surface area (Å²) >= 11 is 0. The van der Waals surface area contributed by atoms with Crippen molar-refractivity contribution in [1.29, 1.82) is 0 Å². The fraction of sp³-hybridized carbons (Fsp3) is 0.0417. The van der Waals surface area contributed by atoms with Gasteiger partial charge >= 0.3 is 0 Å². The molecule has 1 heterocycles. The van der Waals surface area contributed by atoms with Crippen LogP contribution >= 0.6 is 0 Å². The minimum atomic E-state index is -3.99. The Morgan fingerprint density at radius 3 is 2.24 bits per heavy atom. The van der Waals surface area contributed by atoms with Crippen LogP contribution in [-0.4, -0.2) is 8.42 Å². The number of sulfone groups is 1. The van der Waals surface area contributed by atoms with Crippen molar-refractivity contribution in [3.8, 4) is 11.8 Å². The minimum Gasteiger partial charge on any atom is -0.463 e. The highest BCUT2D eigenvalue weighted by molar-refractivity contribution is 7.91. The molecule has 0 bridgehead atoms. The van der Waals surface area contributed by atoms with Gasteiger partial charge in [0.2, 0.25) is 15.3 Å². The monoisotopic (exact) mass is 400 g/mol. The van der Waals surface area contributed by atoms with Gasteiger partial charge in [-0.3, -0.25) is 4.79 Å². The van der Waals surface area contributed by atoms with Crippen LogP contribution in [0.1, 0.15) is 16.7 Å². The van der Waals surface area contributed by atoms with Crippen LogP contribution in [0.3, 0.4) is 0 Å². The fourth-order valence-corrected chi connectivity index (χ4v) is 4.16. The molecule has 0 aliphatic heterocycles. The molecule has 5 heteroatoms. The molecule has 0 N–H and O–H groups in total. The highest BCUT2D eigenvalue weighted by Gasteiger charge is 2.23. The lowest BCUT2D eigenvalue weighted by atomic mass is 10.1. The van der Waals surface area contributed by atoms with E-state index in [-0.39, 0.29) is 15.2 Å². The van der Waals surface area contributed by atoms with Gasteiger partial charge in [0.15, 0.2) is 4.90 Å². The standard InChI is InChI=1S/C24H16O4S/c1-17-7-12-20(13-8-17)29(26,27)23-16-28-22-14-11-19(15-21(22)24(23)25)10-9-18-5-3-2-4-6-18/h2-8,11-16H,1H3. The third-order valence-electron chi connectivity index (χ3n) is 4.49. The Labute approximate surface area is 168 Å². The predicted molar refractivity (Wildman–Crippen MR) is 112 cm³/mol. The second-order valence-corrected chi connectivity index (χ2v) is 8.49. The predicted octanol–water partition coefficient (Wildman–Crippen LogP) is 4.33. The highest BCUT2D eigenvalue weighted by Crippen LogP contribution is 2.22. The third-order valence-corrected chi connectivity index (χ3v) is 6.24. The Balaban J connectivity index is 1.82. The van der Waals surface area contributed by atoms with Crippen LogP contribution in [0.5, 0.6) is 0 Å². The lowest BCUT2D eigenvalue weighted by Crippen LogP contribution is -2.15. The van der Waals surface area contributed by atoms with E-state index >= 15 is 0 Å². The second kappa shape index (κ2) is 7.42. The molecule has 4 aromatic rings. The molecule has 0 fully saturated rings. The summed E-state index contributed by atoms with van der Waals surface area (Å²) in [5.41, 5.74) is 2.07. The largest absolute Gasteiger partial charge is 0.463 e. The van der Waals surface area contributed by atoms with Crippen molar-refractivity contribution < 1.29 is 12.8 Å². The smallest absolute Gasteiger partial charge is 0.213 e. The maximum Gasteiger partial charge on any atom is 0.213 e. The quantitative estimate of drug-likeness (QED) is 0.470. The van der Waals surface area contributed by atoms with Gasteiger partial charge in [0, 0.05) is 11.1 Å². The van der Waals surface area contributed by atoms with E-state index in [1.165, 1.54) is 12.1 Å². The summed E-state index contributed by atoms with van der Waals surface area (Å²) in [4.78, 5) is 12.6. The van der Waals surface area contributed by atoms with E-state index in [1.54, 1.807) is 30.3 Å². The van der Waals surface area contributed by atoms with Gasteiger partial charge in [-0.1, -0.05) is 47.7 Å². The summed E-state index contributed by atoms with van der Waals surface area (Å²) in [7, 11) is -3.99. The number of hydrogen-bond donors (Lipinski definition) is 0. The first-order valence-corrected chi connectivity index (χ1v) is 10.4. The Morgan fingerprint density at radius 1 is 0.828 bits per heavy atom. The number of aryl methyl sites for hydroxylation is 1. The summed E-state index contributed by atoms with van der Waals surface area (Å²) in [5.74, 6) is 6.02. The van der Waals surface area contributed by atoms with Gasteiger partial charge in [0.25, 0.3) is 0 Å². The number of rotatable bonds is 2. The summed E-state index contributed by atoms with van der Waals surface area (Å²) in [6, 6.07) is 20.7. The molecule has 29 heavy (non-hydrogen) atoms. The van der Waals surface area contributed by atoms with E-state index in [0.717, 1.165) is 17.4 Å². The number of hydrogen-bond acceptors (Lipinski definition) is 4. The Kier molecular flexibility index (Phi) is 4.79. The van der Waals surface area contributed by atoms with E-state index in [9.17, 15) is 13.2 Å². The highest BCUT2D eigenvalue weighted by atomic mass is 32.2. The molecule has 3 aromatic carbocycles. The zero-order chi connectivity index (χ0) is 20.4. The summed E-state index contributed by atoms with van der Waals surface area (Å²) in [5, 5.41) is 0.179. The van der Waals surface area contributed by atoms with Crippen LogP contribution in [0, 0.1) is 18.8 Å². The van der Waals surface area contributed by atoms with Crippen LogP contribution in [0.4, 0.5) is 0 Å². The second-order valence-electron chi connectivity index (χ2n) is 6.57. The normalized spacial score (nSPS) is 11.1. The Morgan fingerprint density at radius 2 is 1.52 bits per heavy atom. The maximum atomic E-state index is 13.0. The van der Waals surface area contributed by atoms with E-state index < -0.39 is 15.3 Å². The van der Waals surface area contributed by atoms with Gasteiger partial charge in [-0.25, -0.2) is 8.42 Å². The maximum absolute atomic E-state index is 13.0. The van der Waals surface area contributed by atoms with Gasteiger partial charge < -0.3 is 4.42 Å². The molecule has 4 nitrogen and oxygen atoms in total. The summed E-state index contributed by atoms with van der Waals surface area (Å²) in [6.45, 7) is 1.86. The molecular weight excluding hydrogens is 384 g/mol. The van der Waals surface area contributed by atoms with Crippen molar-refractivity contribution in [2.75, 3.05) is 0 Å². The average Bonchev–Trinajstić information content (AvgIpc) is 2.73. The van der Waals surface area contributed by atoms with Crippen molar-refractivity contribution in [2.45, 2.75) is 16.7 Å². The molecule has 0 atom stereocenters. The first kappa shape index (κ1) is 18.7. The van der Waals surface area contributed by atoms with Crippen molar-refractivity contribution in [1.82, 2.24) is 0 Å². The van der Waals surface area contributed by atoms with Gasteiger partial charge in [0.1, 0.15) is 11.8 Å². The van der Waals surface area contributed by atoms with Crippen LogP contribution < -0.4 is 5.43 Å². The van der Waals surface area contributed by atoms with E-state index in [0.29, 0.717) is 11.1 Å². The molecule has 0 radical (unpaired) electrons. The molecule has 4 rings (SSSR count). The van der Waals surface area contributed by atoms with Crippen molar-refractivity contribution >= 4 is 20.8 Å². The zero-order valence-corrected chi connectivity index (χ0v) is 16.4. The van der Waals surface area contributed by atoms with E-state index in [2.05, 4.69) is 11.8 Å². The molecule has 0 aliphatic rings. The molecule has 0 spiro atoms. The lowest BCUT2D eigenvalue weighted by molar-refractivity contribution is 0.566. The molecule has 0 amide bonds. The topological polar surface area (TPSA) is 64.3 Å². The van der Waals surface area contributed by atoms with Gasteiger partial charge in [-0.05, 0) is 49.4 Å². The Bertz CT molecular complexity index is 1420. The average molecular weight is 400 g/mol. The van der Waals surface area contributed by atoms with Crippen LogP contribution in [0.15, 0.2) is 98.1 Å². The van der Waals surface area contributed by atoms with Gasteiger partial charge in [-0.2, -0.15) is 0 Å². The van der Waals surface area contributed by atoms with E-state index in [1.807, 2.05) is 37.3 Å². The first-order chi connectivity index (χ1) is 13.9. The third kappa shape index (κ3) is 3.71. The number of fused-ring (bicyclic) bond motifs is 1. The molecular formula is C24H16O4S. The molecule has 0 saturated carbocycles. The first-order valence-electron chi connectivity index (χ1n) is 8.89. The molecule has 142 valence electrons.